The standard InChI is InChI=1S/C15H21N2O2/c1-4-17(5-2,6-3)15(18)19-14-10-12-16-11-8-7-9-13(14)16/h7-12H,4-6H2,1-3H3/q+1. The van der Waals surface area contributed by atoms with Crippen LogP contribution in [0, 0.1) is 0 Å². The van der Waals surface area contributed by atoms with Gasteiger partial charge in [-0.3, -0.25) is 0 Å². The second kappa shape index (κ2) is 5.45. The molecule has 0 saturated heterocycles. The summed E-state index contributed by atoms with van der Waals surface area (Å²) in [5.41, 5.74) is 0.914. The molecule has 0 unspecified atom stereocenters. The number of quaternary nitrogens is 1. The van der Waals surface area contributed by atoms with Gasteiger partial charge in [0.05, 0.1) is 25.2 Å². The molecule has 0 saturated carbocycles. The monoisotopic (exact) mass is 261 g/mol. The van der Waals surface area contributed by atoms with Crippen molar-refractivity contribution in [1.82, 2.24) is 4.40 Å². The Morgan fingerprint density at radius 1 is 1.11 bits per heavy atom. The summed E-state index contributed by atoms with van der Waals surface area (Å²) in [4.78, 5) is 12.4. The van der Waals surface area contributed by atoms with Crippen molar-refractivity contribution in [3.05, 3.63) is 36.7 Å². The van der Waals surface area contributed by atoms with Crippen molar-refractivity contribution in [3.8, 4) is 5.75 Å². The van der Waals surface area contributed by atoms with E-state index >= 15 is 0 Å². The second-order valence-corrected chi connectivity index (χ2v) is 4.63. The number of ether oxygens (including phenoxy) is 1. The molecule has 0 aliphatic carbocycles. The first kappa shape index (κ1) is 13.6. The van der Waals surface area contributed by atoms with Crippen LogP contribution in [0.3, 0.4) is 0 Å². The Hall–Kier alpha value is -1.81. The Morgan fingerprint density at radius 3 is 2.42 bits per heavy atom. The number of pyridine rings is 1. The van der Waals surface area contributed by atoms with E-state index in [1.807, 2.05) is 61.8 Å². The van der Waals surface area contributed by atoms with Crippen molar-refractivity contribution in [3.63, 3.8) is 0 Å². The summed E-state index contributed by atoms with van der Waals surface area (Å²) in [6.45, 7) is 8.30. The fourth-order valence-electron chi connectivity index (χ4n) is 2.36. The van der Waals surface area contributed by atoms with Gasteiger partial charge >= 0.3 is 6.09 Å². The van der Waals surface area contributed by atoms with Gasteiger partial charge in [-0.1, -0.05) is 6.07 Å². The third-order valence-corrected chi connectivity index (χ3v) is 3.93. The summed E-state index contributed by atoms with van der Waals surface area (Å²) in [6, 6.07) is 7.67. The van der Waals surface area contributed by atoms with Crippen molar-refractivity contribution >= 4 is 11.6 Å². The smallest absolute Gasteiger partial charge is 0.378 e. The lowest BCUT2D eigenvalue weighted by atomic mass is 10.4. The van der Waals surface area contributed by atoms with E-state index in [1.165, 1.54) is 0 Å². The van der Waals surface area contributed by atoms with E-state index in [-0.39, 0.29) is 6.09 Å². The fourth-order valence-corrected chi connectivity index (χ4v) is 2.36. The summed E-state index contributed by atoms with van der Waals surface area (Å²) in [7, 11) is 0. The molecule has 2 aromatic rings. The lowest BCUT2D eigenvalue weighted by molar-refractivity contribution is -0.850. The van der Waals surface area contributed by atoms with Crippen LogP contribution in [-0.2, 0) is 0 Å². The van der Waals surface area contributed by atoms with Crippen LogP contribution in [-0.4, -0.2) is 34.6 Å². The second-order valence-electron chi connectivity index (χ2n) is 4.63. The van der Waals surface area contributed by atoms with Crippen LogP contribution in [0.2, 0.25) is 0 Å². The molecule has 0 aromatic carbocycles. The molecular formula is C15H21N2O2+. The topological polar surface area (TPSA) is 30.7 Å². The largest absolute Gasteiger partial charge is 0.521 e. The van der Waals surface area contributed by atoms with E-state index in [0.29, 0.717) is 10.2 Å². The van der Waals surface area contributed by atoms with Gasteiger partial charge in [0, 0.05) is 12.4 Å². The maximum absolute atomic E-state index is 12.4. The summed E-state index contributed by atoms with van der Waals surface area (Å²) in [5.74, 6) is 0.628. The highest BCUT2D eigenvalue weighted by Crippen LogP contribution is 2.23. The number of aromatic nitrogens is 1. The van der Waals surface area contributed by atoms with Gasteiger partial charge in [0.1, 0.15) is 0 Å². The fraction of sp³-hybridized carbons (Fsp3) is 0.400. The van der Waals surface area contributed by atoms with Crippen LogP contribution in [0.25, 0.3) is 5.52 Å². The van der Waals surface area contributed by atoms with Gasteiger partial charge in [0.25, 0.3) is 0 Å². The molecule has 0 radical (unpaired) electrons. The number of amides is 1. The Morgan fingerprint density at radius 2 is 1.79 bits per heavy atom. The van der Waals surface area contributed by atoms with Gasteiger partial charge in [-0.15, -0.1) is 0 Å². The first-order valence-corrected chi connectivity index (χ1v) is 6.81. The average molecular weight is 261 g/mol. The summed E-state index contributed by atoms with van der Waals surface area (Å²) in [6.07, 6.45) is 3.66. The molecule has 2 heterocycles. The molecule has 4 nitrogen and oxygen atoms in total. The lowest BCUT2D eigenvalue weighted by Crippen LogP contribution is -2.53. The summed E-state index contributed by atoms with van der Waals surface area (Å²) >= 11 is 0. The zero-order valence-electron chi connectivity index (χ0n) is 11.8. The van der Waals surface area contributed by atoms with Crippen LogP contribution in [0.4, 0.5) is 4.79 Å². The number of carbonyl (C=O) groups is 1. The molecule has 0 aliphatic heterocycles. The number of hydrogen-bond acceptors (Lipinski definition) is 2. The van der Waals surface area contributed by atoms with Crippen molar-refractivity contribution in [1.29, 1.82) is 0 Å². The third kappa shape index (κ3) is 2.36. The predicted octanol–water partition coefficient (Wildman–Crippen LogP) is 3.31. The molecule has 2 rings (SSSR count). The van der Waals surface area contributed by atoms with Gasteiger partial charge in [-0.2, -0.15) is 4.79 Å². The molecule has 1 amide bonds. The molecule has 4 heteroatoms. The highest BCUT2D eigenvalue weighted by molar-refractivity contribution is 5.70. The van der Waals surface area contributed by atoms with Crippen molar-refractivity contribution in [2.75, 3.05) is 19.6 Å². The number of hydrogen-bond donors (Lipinski definition) is 0. The number of nitrogens with zero attached hydrogens (tertiary/aromatic N) is 2. The Bertz CT molecular complexity index is 562. The minimum absolute atomic E-state index is 0.176. The summed E-state index contributed by atoms with van der Waals surface area (Å²) < 4.78 is 7.92. The van der Waals surface area contributed by atoms with Crippen LogP contribution in [0.5, 0.6) is 5.75 Å². The molecule has 0 N–H and O–H groups in total. The van der Waals surface area contributed by atoms with Gasteiger partial charge < -0.3 is 9.14 Å². The van der Waals surface area contributed by atoms with Crippen LogP contribution in [0.15, 0.2) is 36.7 Å². The molecule has 19 heavy (non-hydrogen) atoms. The van der Waals surface area contributed by atoms with E-state index in [2.05, 4.69) is 0 Å². The minimum atomic E-state index is -0.176. The normalized spacial score (nSPS) is 11.7. The molecule has 0 bridgehead atoms. The van der Waals surface area contributed by atoms with Gasteiger partial charge in [-0.05, 0) is 39.0 Å². The van der Waals surface area contributed by atoms with Crippen molar-refractivity contribution in [2.45, 2.75) is 20.8 Å². The van der Waals surface area contributed by atoms with Crippen molar-refractivity contribution in [2.24, 2.45) is 0 Å². The maximum Gasteiger partial charge on any atom is 0.521 e. The predicted molar refractivity (Wildman–Crippen MR) is 75.3 cm³/mol. The molecule has 0 fully saturated rings. The average Bonchev–Trinajstić information content (AvgIpc) is 2.85. The van der Waals surface area contributed by atoms with Gasteiger partial charge in [-0.25, -0.2) is 4.48 Å². The highest BCUT2D eigenvalue weighted by atomic mass is 16.6. The number of carbonyl (C=O) groups excluding carboxylic acids is 1. The number of rotatable bonds is 4. The van der Waals surface area contributed by atoms with Crippen LogP contribution in [0.1, 0.15) is 20.8 Å². The third-order valence-electron chi connectivity index (χ3n) is 3.93. The minimum Gasteiger partial charge on any atom is -0.378 e. The SMILES string of the molecule is CC[N+](CC)(CC)C(=O)Oc1ccn2ccccc12. The Balaban J connectivity index is 2.28. The molecule has 0 atom stereocenters. The van der Waals surface area contributed by atoms with Crippen LogP contribution < -0.4 is 4.74 Å². The molecule has 2 aromatic heterocycles. The molecule has 0 aliphatic rings. The first-order valence-electron chi connectivity index (χ1n) is 6.81. The summed E-state index contributed by atoms with van der Waals surface area (Å²) in [5, 5.41) is 0. The van der Waals surface area contributed by atoms with E-state index in [1.54, 1.807) is 0 Å². The van der Waals surface area contributed by atoms with E-state index in [4.69, 9.17) is 4.74 Å². The highest BCUT2D eigenvalue weighted by Gasteiger charge is 2.34. The molecular weight excluding hydrogens is 240 g/mol. The lowest BCUT2D eigenvalue weighted by Gasteiger charge is -2.30. The van der Waals surface area contributed by atoms with Gasteiger partial charge in [0.15, 0.2) is 5.75 Å². The maximum atomic E-state index is 12.4. The van der Waals surface area contributed by atoms with E-state index in [0.717, 1.165) is 25.2 Å². The first-order chi connectivity index (χ1) is 9.16. The zero-order chi connectivity index (χ0) is 13.9. The Kier molecular flexibility index (Phi) is 3.90. The molecule has 102 valence electrons. The van der Waals surface area contributed by atoms with Crippen molar-refractivity contribution < 1.29 is 14.0 Å². The van der Waals surface area contributed by atoms with E-state index in [9.17, 15) is 4.79 Å². The molecule has 0 spiro atoms. The van der Waals surface area contributed by atoms with E-state index < -0.39 is 0 Å². The van der Waals surface area contributed by atoms with Crippen LogP contribution >= 0.6 is 0 Å². The quantitative estimate of drug-likeness (QED) is 0.790. The number of fused-ring (bicyclic) bond motifs is 1. The Labute approximate surface area is 113 Å². The zero-order valence-corrected chi connectivity index (χ0v) is 11.8. The van der Waals surface area contributed by atoms with Gasteiger partial charge in [0.2, 0.25) is 0 Å².